The molecule has 6 nitrogen and oxygen atoms in total. The van der Waals surface area contributed by atoms with Crippen molar-refractivity contribution >= 4 is 17.6 Å². The number of amides is 1. The lowest BCUT2D eigenvalue weighted by Gasteiger charge is -2.12. The molecule has 0 spiro atoms. The summed E-state index contributed by atoms with van der Waals surface area (Å²) in [6.07, 6.45) is 0. The van der Waals surface area contributed by atoms with E-state index in [2.05, 4.69) is 5.32 Å². The molecule has 3 aromatic carbocycles. The number of ether oxygens (including phenoxy) is 2. The third-order valence-electron chi connectivity index (χ3n) is 3.91. The van der Waals surface area contributed by atoms with Crippen LogP contribution < -0.4 is 14.8 Å². The fraction of sp³-hybridized carbons (Fsp3) is 0.0909. The van der Waals surface area contributed by atoms with Gasteiger partial charge in [0, 0.05) is 5.69 Å². The van der Waals surface area contributed by atoms with Gasteiger partial charge in [0.15, 0.2) is 6.61 Å². The van der Waals surface area contributed by atoms with Crippen molar-refractivity contribution in [2.24, 2.45) is 0 Å². The number of para-hydroxylation sites is 1. The third kappa shape index (κ3) is 5.80. The highest BCUT2D eigenvalue weighted by molar-refractivity contribution is 6.06. The molecule has 3 rings (SSSR count). The number of anilines is 1. The van der Waals surface area contributed by atoms with Crippen LogP contribution >= 0.6 is 0 Å². The first-order valence-corrected chi connectivity index (χ1v) is 8.73. The van der Waals surface area contributed by atoms with Crippen molar-refractivity contribution in [3.8, 4) is 11.5 Å². The first kappa shape index (κ1) is 19.9. The van der Waals surface area contributed by atoms with Crippen LogP contribution in [0.4, 0.5) is 10.1 Å². The molecule has 0 saturated carbocycles. The summed E-state index contributed by atoms with van der Waals surface area (Å²) in [7, 11) is 0. The monoisotopic (exact) mass is 395 g/mol. The zero-order valence-corrected chi connectivity index (χ0v) is 15.3. The molecule has 0 fully saturated rings. The lowest BCUT2D eigenvalue weighted by molar-refractivity contribution is -0.139. The van der Waals surface area contributed by atoms with E-state index in [4.69, 9.17) is 14.6 Å². The number of hydrogen-bond donors (Lipinski definition) is 2. The minimum Gasteiger partial charge on any atom is -0.488 e. The highest BCUT2D eigenvalue weighted by atomic mass is 19.1. The third-order valence-corrected chi connectivity index (χ3v) is 3.91. The molecule has 0 aliphatic carbocycles. The fourth-order valence-corrected chi connectivity index (χ4v) is 2.50. The Morgan fingerprint density at radius 3 is 2.28 bits per heavy atom. The van der Waals surface area contributed by atoms with E-state index in [1.165, 1.54) is 12.1 Å². The van der Waals surface area contributed by atoms with Gasteiger partial charge in [0.1, 0.15) is 23.9 Å². The summed E-state index contributed by atoms with van der Waals surface area (Å²) in [5.74, 6) is -0.976. The number of carboxylic acids is 1. The normalized spacial score (nSPS) is 10.2. The zero-order valence-electron chi connectivity index (χ0n) is 15.3. The van der Waals surface area contributed by atoms with Gasteiger partial charge in [0.25, 0.3) is 5.91 Å². The lowest BCUT2D eigenvalue weighted by Crippen LogP contribution is -2.14. The summed E-state index contributed by atoms with van der Waals surface area (Å²) in [5, 5.41) is 11.4. The van der Waals surface area contributed by atoms with E-state index in [-0.39, 0.29) is 18.3 Å². The topological polar surface area (TPSA) is 84.9 Å². The summed E-state index contributed by atoms with van der Waals surface area (Å²) >= 11 is 0. The van der Waals surface area contributed by atoms with Gasteiger partial charge in [0.2, 0.25) is 0 Å². The number of carbonyl (C=O) groups excluding carboxylic acids is 1. The zero-order chi connectivity index (χ0) is 20.6. The Balaban J connectivity index is 1.64. The smallest absolute Gasteiger partial charge is 0.341 e. The molecule has 0 aromatic heterocycles. The van der Waals surface area contributed by atoms with Crippen LogP contribution in [0.3, 0.4) is 0 Å². The standard InChI is InChI=1S/C22H18FNO5/c23-16-7-5-15(6-8-16)13-29-20-4-2-1-3-19(20)22(27)24-17-9-11-18(12-10-17)28-14-21(25)26/h1-12H,13-14H2,(H,24,27)(H,25,26). The van der Waals surface area contributed by atoms with E-state index in [9.17, 15) is 14.0 Å². The predicted molar refractivity (Wildman–Crippen MR) is 105 cm³/mol. The minimum absolute atomic E-state index is 0.195. The number of hydrogen-bond acceptors (Lipinski definition) is 4. The maximum Gasteiger partial charge on any atom is 0.341 e. The molecule has 0 atom stereocenters. The van der Waals surface area contributed by atoms with Crippen LogP contribution in [0.2, 0.25) is 0 Å². The molecule has 0 bridgehead atoms. The van der Waals surface area contributed by atoms with Gasteiger partial charge in [-0.3, -0.25) is 4.79 Å². The average Bonchev–Trinajstić information content (AvgIpc) is 2.73. The SMILES string of the molecule is O=C(O)COc1ccc(NC(=O)c2ccccc2OCc2ccc(F)cc2)cc1. The van der Waals surface area contributed by atoms with E-state index in [0.717, 1.165) is 5.56 Å². The van der Waals surface area contributed by atoms with Crippen molar-refractivity contribution < 1.29 is 28.6 Å². The summed E-state index contributed by atoms with van der Waals surface area (Å²) in [6.45, 7) is -0.245. The van der Waals surface area contributed by atoms with Gasteiger partial charge in [-0.1, -0.05) is 24.3 Å². The fourth-order valence-electron chi connectivity index (χ4n) is 2.50. The Bertz CT molecular complexity index is 987. The van der Waals surface area contributed by atoms with Gasteiger partial charge in [-0.25, -0.2) is 9.18 Å². The molecule has 7 heteroatoms. The van der Waals surface area contributed by atoms with Crippen molar-refractivity contribution in [1.29, 1.82) is 0 Å². The molecule has 0 aliphatic rings. The van der Waals surface area contributed by atoms with Gasteiger partial charge in [-0.2, -0.15) is 0 Å². The van der Waals surface area contributed by atoms with Crippen LogP contribution in [-0.2, 0) is 11.4 Å². The van der Waals surface area contributed by atoms with Crippen LogP contribution in [0, 0.1) is 5.82 Å². The maximum atomic E-state index is 13.0. The second kappa shape index (κ2) is 9.36. The molecule has 0 saturated heterocycles. The van der Waals surface area contributed by atoms with Crippen molar-refractivity contribution in [3.63, 3.8) is 0 Å². The second-order valence-corrected chi connectivity index (χ2v) is 6.07. The lowest BCUT2D eigenvalue weighted by atomic mass is 10.1. The Hall–Kier alpha value is -3.87. The van der Waals surface area contributed by atoms with Crippen LogP contribution in [0.1, 0.15) is 15.9 Å². The Labute approximate surface area is 166 Å². The Morgan fingerprint density at radius 1 is 0.897 bits per heavy atom. The molecule has 0 aliphatic heterocycles. The van der Waals surface area contributed by atoms with Crippen LogP contribution in [-0.4, -0.2) is 23.6 Å². The van der Waals surface area contributed by atoms with E-state index in [1.807, 2.05) is 0 Å². The molecule has 0 heterocycles. The summed E-state index contributed by atoms with van der Waals surface area (Å²) in [4.78, 5) is 23.2. The van der Waals surface area contributed by atoms with Crippen LogP contribution in [0.5, 0.6) is 11.5 Å². The number of nitrogens with one attached hydrogen (secondary N) is 1. The summed E-state index contributed by atoms with van der Waals surface area (Å²) in [5.41, 5.74) is 1.64. The molecule has 29 heavy (non-hydrogen) atoms. The van der Waals surface area contributed by atoms with E-state index >= 15 is 0 Å². The largest absolute Gasteiger partial charge is 0.488 e. The molecule has 2 N–H and O–H groups in total. The quantitative estimate of drug-likeness (QED) is 0.599. The number of benzene rings is 3. The second-order valence-electron chi connectivity index (χ2n) is 6.07. The highest BCUT2D eigenvalue weighted by Gasteiger charge is 2.13. The summed E-state index contributed by atoms with van der Waals surface area (Å²) < 4.78 is 23.8. The first-order chi connectivity index (χ1) is 14.0. The average molecular weight is 395 g/mol. The van der Waals surface area contributed by atoms with Gasteiger partial charge in [0.05, 0.1) is 5.56 Å². The number of carbonyl (C=O) groups is 2. The van der Waals surface area contributed by atoms with Gasteiger partial charge in [-0.15, -0.1) is 0 Å². The van der Waals surface area contributed by atoms with Gasteiger partial charge >= 0.3 is 5.97 Å². The summed E-state index contributed by atoms with van der Waals surface area (Å²) in [6, 6.07) is 19.1. The van der Waals surface area contributed by atoms with Crippen LogP contribution in [0.25, 0.3) is 0 Å². The van der Waals surface area contributed by atoms with E-state index in [1.54, 1.807) is 60.7 Å². The van der Waals surface area contributed by atoms with Gasteiger partial charge in [-0.05, 0) is 54.1 Å². The molecule has 3 aromatic rings. The maximum absolute atomic E-state index is 13.0. The highest BCUT2D eigenvalue weighted by Crippen LogP contribution is 2.22. The molecule has 0 radical (unpaired) electrons. The molecule has 1 amide bonds. The van der Waals surface area contributed by atoms with Gasteiger partial charge < -0.3 is 19.9 Å². The van der Waals surface area contributed by atoms with Crippen LogP contribution in [0.15, 0.2) is 72.8 Å². The minimum atomic E-state index is -1.07. The predicted octanol–water partition coefficient (Wildman–Crippen LogP) is 4.12. The van der Waals surface area contributed by atoms with Crippen molar-refractivity contribution in [3.05, 3.63) is 89.7 Å². The number of rotatable bonds is 8. The number of aliphatic carboxylic acids is 1. The first-order valence-electron chi connectivity index (χ1n) is 8.73. The molecule has 0 unspecified atom stereocenters. The Kier molecular flexibility index (Phi) is 6.42. The number of halogens is 1. The Morgan fingerprint density at radius 2 is 1.59 bits per heavy atom. The van der Waals surface area contributed by atoms with E-state index in [0.29, 0.717) is 22.7 Å². The van der Waals surface area contributed by atoms with Crippen molar-refractivity contribution in [1.82, 2.24) is 0 Å². The molecular formula is C22H18FNO5. The van der Waals surface area contributed by atoms with Crippen molar-refractivity contribution in [2.45, 2.75) is 6.61 Å². The van der Waals surface area contributed by atoms with Crippen molar-refractivity contribution in [2.75, 3.05) is 11.9 Å². The molecule has 148 valence electrons. The van der Waals surface area contributed by atoms with E-state index < -0.39 is 12.6 Å². The number of carboxylic acid groups (broad SMARTS) is 1. The molecular weight excluding hydrogens is 377 g/mol.